The highest BCUT2D eigenvalue weighted by atomic mass is 16.1. The molecule has 1 aliphatic rings. The topological polar surface area (TPSA) is 50.5 Å². The Morgan fingerprint density at radius 1 is 1.35 bits per heavy atom. The lowest BCUT2D eigenvalue weighted by atomic mass is 9.95. The van der Waals surface area contributed by atoms with Crippen LogP contribution in [0.5, 0.6) is 0 Å². The van der Waals surface area contributed by atoms with Gasteiger partial charge in [-0.25, -0.2) is 9.50 Å². The monoisotopic (exact) mass is 272 g/mol. The van der Waals surface area contributed by atoms with E-state index in [9.17, 15) is 4.79 Å². The predicted octanol–water partition coefficient (Wildman–Crippen LogP) is 2.13. The van der Waals surface area contributed by atoms with Crippen LogP contribution >= 0.6 is 0 Å². The van der Waals surface area contributed by atoms with Crippen LogP contribution in [-0.2, 0) is 0 Å². The lowest BCUT2D eigenvalue weighted by molar-refractivity contribution is 0.112. The molecule has 0 saturated carbocycles. The molecule has 0 bridgehead atoms. The molecule has 1 aliphatic heterocycles. The van der Waals surface area contributed by atoms with E-state index in [1.807, 2.05) is 0 Å². The van der Waals surface area contributed by atoms with Crippen LogP contribution in [0.3, 0.4) is 0 Å². The van der Waals surface area contributed by atoms with Gasteiger partial charge in [0.1, 0.15) is 6.29 Å². The molecular weight excluding hydrogens is 252 g/mol. The van der Waals surface area contributed by atoms with Crippen LogP contribution in [0.4, 0.5) is 0 Å². The molecule has 20 heavy (non-hydrogen) atoms. The largest absolute Gasteiger partial charge is 0.301 e. The van der Waals surface area contributed by atoms with Crippen molar-refractivity contribution in [3.8, 4) is 0 Å². The third-order valence-corrected chi connectivity index (χ3v) is 4.14. The van der Waals surface area contributed by atoms with E-state index >= 15 is 0 Å². The molecule has 3 rings (SSSR count). The third-order valence-electron chi connectivity index (χ3n) is 4.14. The van der Waals surface area contributed by atoms with Crippen LogP contribution in [0, 0.1) is 0 Å². The van der Waals surface area contributed by atoms with Crippen LogP contribution < -0.4 is 0 Å². The highest BCUT2D eigenvalue weighted by Gasteiger charge is 2.24. The average Bonchev–Trinajstić information content (AvgIpc) is 2.90. The van der Waals surface area contributed by atoms with Gasteiger partial charge in [0.05, 0.1) is 0 Å². The highest BCUT2D eigenvalue weighted by Crippen LogP contribution is 2.26. The van der Waals surface area contributed by atoms with Gasteiger partial charge in [0.2, 0.25) is 0 Å². The SMILES string of the molecule is CC(C)N1CCC(c2nc3cc(C=O)ccn3n2)CC1. The summed E-state index contributed by atoms with van der Waals surface area (Å²) in [5.74, 6) is 1.35. The van der Waals surface area contributed by atoms with E-state index in [4.69, 9.17) is 0 Å². The lowest BCUT2D eigenvalue weighted by Gasteiger charge is -2.33. The Hall–Kier alpha value is -1.75. The minimum atomic E-state index is 0.435. The number of hydrogen-bond donors (Lipinski definition) is 0. The summed E-state index contributed by atoms with van der Waals surface area (Å²) in [6.07, 6.45) is 4.86. The van der Waals surface area contributed by atoms with Crippen molar-refractivity contribution in [2.24, 2.45) is 0 Å². The molecule has 1 fully saturated rings. The van der Waals surface area contributed by atoms with E-state index in [1.165, 1.54) is 0 Å². The summed E-state index contributed by atoms with van der Waals surface area (Å²) in [5.41, 5.74) is 1.40. The van der Waals surface area contributed by atoms with E-state index in [0.29, 0.717) is 17.5 Å². The Labute approximate surface area is 118 Å². The Balaban J connectivity index is 1.79. The number of piperidine rings is 1. The minimum Gasteiger partial charge on any atom is -0.301 e. The number of nitrogens with zero attached hydrogens (tertiary/aromatic N) is 4. The van der Waals surface area contributed by atoms with Gasteiger partial charge in [-0.05, 0) is 51.9 Å². The van der Waals surface area contributed by atoms with Crippen molar-refractivity contribution < 1.29 is 4.79 Å². The summed E-state index contributed by atoms with van der Waals surface area (Å²) in [6.45, 7) is 6.70. The van der Waals surface area contributed by atoms with Gasteiger partial charge in [0, 0.05) is 23.7 Å². The van der Waals surface area contributed by atoms with E-state index in [-0.39, 0.29) is 0 Å². The summed E-state index contributed by atoms with van der Waals surface area (Å²) in [7, 11) is 0. The van der Waals surface area contributed by atoms with Gasteiger partial charge in [-0.2, -0.15) is 5.10 Å². The maximum Gasteiger partial charge on any atom is 0.156 e. The number of aldehydes is 1. The molecule has 3 heterocycles. The number of carbonyl (C=O) groups is 1. The second-order valence-electron chi connectivity index (χ2n) is 5.75. The van der Waals surface area contributed by atoms with Gasteiger partial charge < -0.3 is 4.90 Å². The Morgan fingerprint density at radius 2 is 2.10 bits per heavy atom. The zero-order valence-corrected chi connectivity index (χ0v) is 12.0. The fourth-order valence-electron chi connectivity index (χ4n) is 2.83. The van der Waals surface area contributed by atoms with Crippen LogP contribution in [0.2, 0.25) is 0 Å². The van der Waals surface area contributed by atoms with Crippen molar-refractivity contribution in [1.29, 1.82) is 0 Å². The zero-order chi connectivity index (χ0) is 14.1. The predicted molar refractivity (Wildman–Crippen MR) is 77.1 cm³/mol. The second-order valence-corrected chi connectivity index (χ2v) is 5.75. The number of pyridine rings is 1. The molecule has 5 nitrogen and oxygen atoms in total. The Kier molecular flexibility index (Phi) is 3.53. The van der Waals surface area contributed by atoms with Gasteiger partial charge in [-0.3, -0.25) is 4.79 Å². The summed E-state index contributed by atoms with van der Waals surface area (Å²) in [4.78, 5) is 17.9. The molecule has 0 aliphatic carbocycles. The molecule has 0 unspecified atom stereocenters. The van der Waals surface area contributed by atoms with Gasteiger partial charge in [-0.15, -0.1) is 0 Å². The van der Waals surface area contributed by atoms with Crippen LogP contribution in [0.15, 0.2) is 18.3 Å². The summed E-state index contributed by atoms with van der Waals surface area (Å²) in [5, 5.41) is 4.55. The Morgan fingerprint density at radius 3 is 2.75 bits per heavy atom. The van der Waals surface area contributed by atoms with Crippen LogP contribution in [0.25, 0.3) is 5.65 Å². The van der Waals surface area contributed by atoms with E-state index < -0.39 is 0 Å². The molecule has 5 heteroatoms. The number of hydrogen-bond acceptors (Lipinski definition) is 4. The van der Waals surface area contributed by atoms with E-state index in [0.717, 1.165) is 43.7 Å². The molecular formula is C15H20N4O. The first-order valence-electron chi connectivity index (χ1n) is 7.23. The summed E-state index contributed by atoms with van der Waals surface area (Å²) >= 11 is 0. The highest BCUT2D eigenvalue weighted by molar-refractivity contribution is 5.76. The smallest absolute Gasteiger partial charge is 0.156 e. The fraction of sp³-hybridized carbons (Fsp3) is 0.533. The second kappa shape index (κ2) is 5.32. The molecule has 106 valence electrons. The standard InChI is InChI=1S/C15H20N4O/c1-11(2)18-6-4-13(5-7-18)15-16-14-9-12(10-20)3-8-19(14)17-15/h3,8-11,13H,4-7H2,1-2H3. The van der Waals surface area contributed by atoms with Crippen LogP contribution in [0.1, 0.15) is 48.8 Å². The quantitative estimate of drug-likeness (QED) is 0.803. The average molecular weight is 272 g/mol. The number of aromatic nitrogens is 3. The van der Waals surface area contributed by atoms with E-state index in [2.05, 4.69) is 28.8 Å². The van der Waals surface area contributed by atoms with Crippen LogP contribution in [-0.4, -0.2) is 44.9 Å². The normalized spacial score (nSPS) is 17.9. The molecule has 2 aromatic heterocycles. The first kappa shape index (κ1) is 13.2. The van der Waals surface area contributed by atoms with Crippen molar-refractivity contribution in [2.75, 3.05) is 13.1 Å². The number of likely N-dealkylation sites (tertiary alicyclic amines) is 1. The molecule has 0 amide bonds. The first-order chi connectivity index (χ1) is 9.67. The van der Waals surface area contributed by atoms with Crippen molar-refractivity contribution in [2.45, 2.75) is 38.6 Å². The van der Waals surface area contributed by atoms with Crippen molar-refractivity contribution in [3.05, 3.63) is 29.7 Å². The minimum absolute atomic E-state index is 0.435. The summed E-state index contributed by atoms with van der Waals surface area (Å²) in [6, 6.07) is 4.16. The van der Waals surface area contributed by atoms with Crippen molar-refractivity contribution >= 4 is 11.9 Å². The molecule has 0 N–H and O–H groups in total. The van der Waals surface area contributed by atoms with Gasteiger partial charge >= 0.3 is 0 Å². The number of carbonyl (C=O) groups excluding carboxylic acids is 1. The van der Waals surface area contributed by atoms with Gasteiger partial charge in [-0.1, -0.05) is 0 Å². The molecule has 0 aromatic carbocycles. The lowest BCUT2D eigenvalue weighted by Crippen LogP contribution is -2.38. The number of rotatable bonds is 3. The number of fused-ring (bicyclic) bond motifs is 1. The maximum absolute atomic E-state index is 10.8. The molecule has 1 saturated heterocycles. The zero-order valence-electron chi connectivity index (χ0n) is 12.0. The molecule has 0 spiro atoms. The van der Waals surface area contributed by atoms with Gasteiger partial charge in [0.15, 0.2) is 11.5 Å². The fourth-order valence-corrected chi connectivity index (χ4v) is 2.83. The third kappa shape index (κ3) is 2.45. The molecule has 0 radical (unpaired) electrons. The van der Waals surface area contributed by atoms with Gasteiger partial charge in [0.25, 0.3) is 0 Å². The van der Waals surface area contributed by atoms with Crippen molar-refractivity contribution in [1.82, 2.24) is 19.5 Å². The van der Waals surface area contributed by atoms with E-state index in [1.54, 1.807) is 22.8 Å². The molecule has 0 atom stereocenters. The first-order valence-corrected chi connectivity index (χ1v) is 7.23. The van der Waals surface area contributed by atoms with Crippen molar-refractivity contribution in [3.63, 3.8) is 0 Å². The maximum atomic E-state index is 10.8. The Bertz CT molecular complexity index is 611. The molecule has 2 aromatic rings. The summed E-state index contributed by atoms with van der Waals surface area (Å²) < 4.78 is 1.76.